The van der Waals surface area contributed by atoms with Gasteiger partial charge in [0.25, 0.3) is 5.56 Å². The zero-order valence-electron chi connectivity index (χ0n) is 20.3. The summed E-state index contributed by atoms with van der Waals surface area (Å²) >= 11 is 19.3. The zero-order chi connectivity index (χ0) is 26.7. The minimum atomic E-state index is -0.233. The summed E-state index contributed by atoms with van der Waals surface area (Å²) in [6, 6.07) is 14.3. The van der Waals surface area contributed by atoms with Gasteiger partial charge in [0, 0.05) is 26.0 Å². The Hall–Kier alpha value is -2.39. The third-order valence-corrected chi connectivity index (χ3v) is 7.52. The number of rotatable bonds is 8. The molecule has 4 aromatic rings. The Morgan fingerprint density at radius 1 is 1.14 bits per heavy atom. The van der Waals surface area contributed by atoms with Crippen molar-refractivity contribution < 1.29 is 9.47 Å². The van der Waals surface area contributed by atoms with Gasteiger partial charge in [-0.05, 0) is 70.4 Å². The predicted octanol–water partition coefficient (Wildman–Crippen LogP) is 8.21. The molecule has 4 rings (SSSR count). The third-order valence-electron chi connectivity index (χ3n) is 5.85. The largest absolute Gasteiger partial charge is 0.493 e. The van der Waals surface area contributed by atoms with Gasteiger partial charge in [-0.2, -0.15) is 9.78 Å². The van der Waals surface area contributed by atoms with Crippen LogP contribution in [-0.2, 0) is 6.61 Å². The lowest BCUT2D eigenvalue weighted by Crippen LogP contribution is -2.23. The van der Waals surface area contributed by atoms with E-state index in [-0.39, 0.29) is 18.1 Å². The van der Waals surface area contributed by atoms with Crippen molar-refractivity contribution in [3.8, 4) is 11.5 Å². The van der Waals surface area contributed by atoms with Gasteiger partial charge in [-0.25, -0.2) is 4.98 Å². The van der Waals surface area contributed by atoms with E-state index in [1.165, 1.54) is 4.68 Å². The molecule has 0 aliphatic carbocycles. The van der Waals surface area contributed by atoms with E-state index in [1.54, 1.807) is 37.6 Å². The number of methoxy groups -OCH3 is 1. The number of hydrogen-bond acceptors (Lipinski definition) is 5. The Bertz CT molecular complexity index is 1560. The van der Waals surface area contributed by atoms with Gasteiger partial charge in [-0.15, -0.1) is 0 Å². The summed E-state index contributed by atoms with van der Waals surface area (Å²) in [6.45, 7) is 4.30. The molecule has 0 saturated carbocycles. The van der Waals surface area contributed by atoms with E-state index in [0.29, 0.717) is 48.3 Å². The third kappa shape index (κ3) is 6.20. The molecule has 0 aliphatic rings. The van der Waals surface area contributed by atoms with Crippen molar-refractivity contribution in [1.82, 2.24) is 9.66 Å². The van der Waals surface area contributed by atoms with Gasteiger partial charge in [0.05, 0.1) is 28.7 Å². The van der Waals surface area contributed by atoms with Crippen molar-refractivity contribution in [3.63, 3.8) is 0 Å². The Morgan fingerprint density at radius 3 is 2.62 bits per heavy atom. The lowest BCUT2D eigenvalue weighted by atomic mass is 10.1. The maximum atomic E-state index is 13.4. The molecule has 0 bridgehead atoms. The van der Waals surface area contributed by atoms with Crippen molar-refractivity contribution in [1.29, 1.82) is 0 Å². The van der Waals surface area contributed by atoms with Crippen LogP contribution in [0.4, 0.5) is 0 Å². The molecule has 0 aliphatic heterocycles. The molecule has 0 N–H and O–H groups in total. The number of benzene rings is 3. The van der Waals surface area contributed by atoms with Crippen molar-refractivity contribution in [3.05, 3.63) is 94.8 Å². The van der Waals surface area contributed by atoms with Crippen LogP contribution in [0.5, 0.6) is 11.5 Å². The van der Waals surface area contributed by atoms with Crippen molar-refractivity contribution in [2.75, 3.05) is 7.11 Å². The highest BCUT2D eigenvalue weighted by Crippen LogP contribution is 2.37. The number of fused-ring (bicyclic) bond motifs is 1. The summed E-state index contributed by atoms with van der Waals surface area (Å²) in [5, 5.41) is 6.10. The second-order valence-corrected chi connectivity index (χ2v) is 11.0. The van der Waals surface area contributed by atoms with Gasteiger partial charge in [0.2, 0.25) is 0 Å². The molecule has 192 valence electrons. The van der Waals surface area contributed by atoms with E-state index in [9.17, 15) is 4.79 Å². The van der Waals surface area contributed by atoms with Crippen LogP contribution < -0.4 is 15.0 Å². The Labute approximate surface area is 241 Å². The van der Waals surface area contributed by atoms with Crippen LogP contribution >= 0.6 is 55.1 Å². The Kier molecular flexibility index (Phi) is 8.95. The molecule has 6 nitrogen and oxygen atoms in total. The van der Waals surface area contributed by atoms with E-state index in [0.717, 1.165) is 16.5 Å². The molecule has 0 radical (unpaired) electrons. The van der Waals surface area contributed by atoms with Crippen molar-refractivity contribution in [2.24, 2.45) is 5.10 Å². The fourth-order valence-corrected chi connectivity index (χ4v) is 5.04. The Morgan fingerprint density at radius 2 is 1.92 bits per heavy atom. The molecular weight excluding hydrogens is 645 g/mol. The zero-order valence-corrected chi connectivity index (χ0v) is 24.9. The first kappa shape index (κ1) is 27.6. The normalized spacial score (nSPS) is 12.3. The van der Waals surface area contributed by atoms with Crippen molar-refractivity contribution in [2.45, 2.75) is 32.8 Å². The SMILES string of the molecule is CC[C@H](C)c1nc2ccc(Br)cc2c(=O)n1N=Cc1cc(Br)c(OCc2ccc(Cl)cc2Cl)c(OC)c1. The van der Waals surface area contributed by atoms with Gasteiger partial charge in [0.15, 0.2) is 11.5 Å². The highest BCUT2D eigenvalue weighted by molar-refractivity contribution is 9.10. The number of halogens is 4. The summed E-state index contributed by atoms with van der Waals surface area (Å²) < 4.78 is 14.4. The summed E-state index contributed by atoms with van der Waals surface area (Å²) in [6.07, 6.45) is 2.42. The van der Waals surface area contributed by atoms with Gasteiger partial charge in [-0.3, -0.25) is 4.79 Å². The standard InChI is InChI=1S/C27H23Br2Cl2N3O3/c1-4-15(2)26-33-23-8-6-18(28)11-20(23)27(35)34(26)32-13-16-9-21(29)25(24(10-16)36-3)37-14-17-5-7-19(30)12-22(17)31/h5-13,15H,4,14H2,1-3H3/t15-/m0/s1. The summed E-state index contributed by atoms with van der Waals surface area (Å²) in [5.74, 6) is 1.65. The van der Waals surface area contributed by atoms with Crippen molar-refractivity contribution >= 4 is 72.2 Å². The minimum Gasteiger partial charge on any atom is -0.493 e. The average molecular weight is 668 g/mol. The number of nitrogens with zero attached hydrogens (tertiary/aromatic N) is 3. The molecule has 10 heteroatoms. The number of hydrogen-bond donors (Lipinski definition) is 0. The van der Waals surface area contributed by atoms with Crippen LogP contribution in [0.1, 0.15) is 43.1 Å². The van der Waals surface area contributed by atoms with Gasteiger partial charge >= 0.3 is 0 Å². The first-order valence-corrected chi connectivity index (χ1v) is 13.8. The van der Waals surface area contributed by atoms with Crippen LogP contribution in [0.2, 0.25) is 10.0 Å². The molecule has 0 fully saturated rings. The smallest absolute Gasteiger partial charge is 0.282 e. The molecule has 1 aromatic heterocycles. The predicted molar refractivity (Wildman–Crippen MR) is 157 cm³/mol. The molecule has 0 unspecified atom stereocenters. The van der Waals surface area contributed by atoms with E-state index in [4.69, 9.17) is 37.7 Å². The summed E-state index contributed by atoms with van der Waals surface area (Å²) in [4.78, 5) is 18.1. The maximum absolute atomic E-state index is 13.4. The summed E-state index contributed by atoms with van der Waals surface area (Å²) in [5.41, 5.74) is 1.90. The average Bonchev–Trinajstić information content (AvgIpc) is 2.87. The molecule has 1 atom stereocenters. The van der Waals surface area contributed by atoms with E-state index < -0.39 is 0 Å². The topological polar surface area (TPSA) is 65.7 Å². The second-order valence-electron chi connectivity index (χ2n) is 8.36. The molecule has 0 spiro atoms. The Balaban J connectivity index is 1.69. The number of ether oxygens (including phenoxy) is 2. The van der Waals surface area contributed by atoms with Crippen LogP contribution in [-0.4, -0.2) is 23.0 Å². The lowest BCUT2D eigenvalue weighted by Gasteiger charge is -2.15. The fourth-order valence-electron chi connectivity index (χ4n) is 3.65. The lowest BCUT2D eigenvalue weighted by molar-refractivity contribution is 0.282. The minimum absolute atomic E-state index is 0.0367. The van der Waals surface area contributed by atoms with Crippen LogP contribution in [0.15, 0.2) is 67.4 Å². The van der Waals surface area contributed by atoms with Gasteiger partial charge < -0.3 is 9.47 Å². The van der Waals surface area contributed by atoms with Crippen LogP contribution in [0, 0.1) is 0 Å². The van der Waals surface area contributed by atoms with E-state index in [2.05, 4.69) is 43.9 Å². The molecule has 3 aromatic carbocycles. The monoisotopic (exact) mass is 665 g/mol. The second kappa shape index (κ2) is 12.0. The highest BCUT2D eigenvalue weighted by atomic mass is 79.9. The van der Waals surface area contributed by atoms with Crippen LogP contribution in [0.25, 0.3) is 10.9 Å². The molecule has 1 heterocycles. The maximum Gasteiger partial charge on any atom is 0.282 e. The first-order chi connectivity index (χ1) is 17.7. The first-order valence-electron chi connectivity index (χ1n) is 11.4. The quantitative estimate of drug-likeness (QED) is 0.178. The number of aromatic nitrogens is 2. The van der Waals surface area contributed by atoms with E-state index in [1.807, 2.05) is 31.2 Å². The van der Waals surface area contributed by atoms with E-state index >= 15 is 0 Å². The molecule has 0 saturated heterocycles. The van der Waals surface area contributed by atoms with Crippen LogP contribution in [0.3, 0.4) is 0 Å². The summed E-state index contributed by atoms with van der Waals surface area (Å²) in [7, 11) is 1.56. The molecule has 37 heavy (non-hydrogen) atoms. The molecular formula is C27H23Br2Cl2N3O3. The highest BCUT2D eigenvalue weighted by Gasteiger charge is 2.17. The molecule has 0 amide bonds. The van der Waals surface area contributed by atoms with Gasteiger partial charge in [-0.1, -0.05) is 59.0 Å². The fraction of sp³-hybridized carbons (Fsp3) is 0.222. The van der Waals surface area contributed by atoms with Gasteiger partial charge in [0.1, 0.15) is 12.4 Å².